The van der Waals surface area contributed by atoms with Crippen molar-refractivity contribution in [3.05, 3.63) is 57.3 Å². The first-order valence-corrected chi connectivity index (χ1v) is 8.25. The zero-order valence-electron chi connectivity index (χ0n) is 12.4. The Labute approximate surface area is 142 Å². The van der Waals surface area contributed by atoms with Gasteiger partial charge in [0.05, 0.1) is 21.9 Å². The van der Waals surface area contributed by atoms with Crippen molar-refractivity contribution in [2.75, 3.05) is 6.54 Å². The molecule has 0 unspecified atom stereocenters. The number of thiazole rings is 1. The third-order valence-electron chi connectivity index (χ3n) is 3.12. The lowest BCUT2D eigenvalue weighted by molar-refractivity contribution is 0.0949. The predicted molar refractivity (Wildman–Crippen MR) is 89.3 cm³/mol. The highest BCUT2D eigenvalue weighted by molar-refractivity contribution is 7.09. The Balaban J connectivity index is 1.61. The van der Waals surface area contributed by atoms with E-state index in [1.54, 1.807) is 23.6 Å². The number of rotatable bonds is 5. The van der Waals surface area contributed by atoms with Crippen LogP contribution in [0, 0.1) is 6.92 Å². The number of amides is 1. The topological polar surface area (TPSA) is 72.7 Å². The fourth-order valence-corrected chi connectivity index (χ4v) is 3.01. The zero-order chi connectivity index (χ0) is 16.2. The van der Waals surface area contributed by atoms with Gasteiger partial charge in [-0.05, 0) is 19.1 Å². The average Bonchev–Trinajstić information content (AvgIpc) is 3.17. The first kappa shape index (κ1) is 15.6. The second kappa shape index (κ2) is 6.89. The van der Waals surface area contributed by atoms with Gasteiger partial charge in [0.15, 0.2) is 5.69 Å². The average molecular weight is 348 g/mol. The van der Waals surface area contributed by atoms with Gasteiger partial charge >= 0.3 is 0 Å². The molecule has 23 heavy (non-hydrogen) atoms. The molecule has 0 aliphatic heterocycles. The molecule has 0 fully saturated rings. The van der Waals surface area contributed by atoms with Crippen LogP contribution in [0.3, 0.4) is 0 Å². The summed E-state index contributed by atoms with van der Waals surface area (Å²) < 4.78 is 1.49. The van der Waals surface area contributed by atoms with Crippen LogP contribution < -0.4 is 5.32 Å². The molecule has 1 N–H and O–H groups in total. The van der Waals surface area contributed by atoms with Crippen molar-refractivity contribution in [1.82, 2.24) is 25.3 Å². The fourth-order valence-electron chi connectivity index (χ4n) is 2.01. The molecule has 1 amide bonds. The van der Waals surface area contributed by atoms with Gasteiger partial charge in [0.2, 0.25) is 0 Å². The molecule has 1 aromatic carbocycles. The van der Waals surface area contributed by atoms with E-state index in [1.807, 2.05) is 30.5 Å². The molecule has 2 heterocycles. The Bertz CT molecular complexity index is 829. The van der Waals surface area contributed by atoms with Crippen molar-refractivity contribution in [3.8, 4) is 5.69 Å². The van der Waals surface area contributed by atoms with Crippen LogP contribution in [0.4, 0.5) is 0 Å². The minimum Gasteiger partial charge on any atom is -0.350 e. The minimum absolute atomic E-state index is 0.250. The van der Waals surface area contributed by atoms with E-state index in [9.17, 15) is 4.79 Å². The number of hydrogen-bond acceptors (Lipinski definition) is 5. The molecule has 0 aliphatic rings. The molecule has 0 saturated carbocycles. The fraction of sp³-hybridized carbons (Fsp3) is 0.200. The Morgan fingerprint density at radius 2 is 2.22 bits per heavy atom. The van der Waals surface area contributed by atoms with E-state index >= 15 is 0 Å². The molecule has 3 rings (SSSR count). The van der Waals surface area contributed by atoms with Crippen molar-refractivity contribution in [3.63, 3.8) is 0 Å². The summed E-state index contributed by atoms with van der Waals surface area (Å²) in [5, 5.41) is 14.2. The molecule has 0 bridgehead atoms. The van der Waals surface area contributed by atoms with E-state index < -0.39 is 0 Å². The van der Waals surface area contributed by atoms with Gasteiger partial charge in [0, 0.05) is 24.0 Å². The van der Waals surface area contributed by atoms with E-state index in [2.05, 4.69) is 20.6 Å². The van der Waals surface area contributed by atoms with Crippen molar-refractivity contribution in [1.29, 1.82) is 0 Å². The number of benzene rings is 1. The van der Waals surface area contributed by atoms with Gasteiger partial charge in [-0.3, -0.25) is 4.79 Å². The molecule has 2 aromatic heterocycles. The Hall–Kier alpha value is -2.25. The molecular formula is C15H14ClN5OS. The normalized spacial score (nSPS) is 10.7. The van der Waals surface area contributed by atoms with Crippen LogP contribution in [0.5, 0.6) is 0 Å². The van der Waals surface area contributed by atoms with Gasteiger partial charge < -0.3 is 5.32 Å². The van der Waals surface area contributed by atoms with Crippen LogP contribution in [-0.4, -0.2) is 32.4 Å². The number of aryl methyl sites for hydroxylation is 1. The maximum absolute atomic E-state index is 12.1. The summed E-state index contributed by atoms with van der Waals surface area (Å²) in [5.41, 5.74) is 1.93. The molecule has 118 valence electrons. The lowest BCUT2D eigenvalue weighted by Gasteiger charge is -2.02. The second-order valence-corrected chi connectivity index (χ2v) is 6.24. The molecule has 0 atom stereocenters. The van der Waals surface area contributed by atoms with Crippen LogP contribution in [0.1, 0.15) is 21.2 Å². The van der Waals surface area contributed by atoms with Crippen molar-refractivity contribution >= 4 is 28.8 Å². The highest BCUT2D eigenvalue weighted by Gasteiger charge is 2.12. The van der Waals surface area contributed by atoms with Crippen molar-refractivity contribution in [2.45, 2.75) is 13.3 Å². The van der Waals surface area contributed by atoms with Crippen molar-refractivity contribution in [2.24, 2.45) is 0 Å². The molecule has 0 radical (unpaired) electrons. The van der Waals surface area contributed by atoms with Gasteiger partial charge in [0.25, 0.3) is 5.91 Å². The summed E-state index contributed by atoms with van der Waals surface area (Å²) in [6.07, 6.45) is 2.26. The van der Waals surface area contributed by atoms with Crippen LogP contribution >= 0.6 is 22.9 Å². The number of nitrogens with one attached hydrogen (secondary N) is 1. The maximum Gasteiger partial charge on any atom is 0.273 e. The SMILES string of the molecule is Cc1csc(CCNC(=O)c2cn(-c3ccccc3Cl)nn2)n1. The third-order valence-corrected chi connectivity index (χ3v) is 4.46. The predicted octanol–water partition coefficient (Wildman–Crippen LogP) is 2.66. The third kappa shape index (κ3) is 3.75. The van der Waals surface area contributed by atoms with E-state index in [1.165, 1.54) is 4.68 Å². The Morgan fingerprint density at radius 1 is 1.39 bits per heavy atom. The highest BCUT2D eigenvalue weighted by atomic mass is 35.5. The van der Waals surface area contributed by atoms with E-state index in [-0.39, 0.29) is 11.6 Å². The molecular weight excluding hydrogens is 334 g/mol. The first-order chi connectivity index (χ1) is 11.1. The second-order valence-electron chi connectivity index (χ2n) is 4.89. The van der Waals surface area contributed by atoms with E-state index in [0.717, 1.165) is 10.7 Å². The van der Waals surface area contributed by atoms with Crippen LogP contribution in [-0.2, 0) is 6.42 Å². The monoisotopic (exact) mass is 347 g/mol. The number of halogens is 1. The van der Waals surface area contributed by atoms with Crippen LogP contribution in [0.2, 0.25) is 5.02 Å². The largest absolute Gasteiger partial charge is 0.350 e. The lowest BCUT2D eigenvalue weighted by atomic mass is 10.3. The van der Waals surface area contributed by atoms with Gasteiger partial charge in [-0.2, -0.15) is 0 Å². The molecule has 6 nitrogen and oxygen atoms in total. The molecule has 3 aromatic rings. The summed E-state index contributed by atoms with van der Waals surface area (Å²) in [6.45, 7) is 2.45. The number of aromatic nitrogens is 4. The van der Waals surface area contributed by atoms with Crippen LogP contribution in [0.15, 0.2) is 35.8 Å². The summed E-state index contributed by atoms with van der Waals surface area (Å²) in [5.74, 6) is -0.267. The van der Waals surface area contributed by atoms with Crippen molar-refractivity contribution < 1.29 is 4.79 Å². The number of carbonyl (C=O) groups excluding carboxylic acids is 1. The van der Waals surface area contributed by atoms with Gasteiger partial charge in [-0.25, -0.2) is 9.67 Å². The van der Waals surface area contributed by atoms with Crippen LogP contribution in [0.25, 0.3) is 5.69 Å². The quantitative estimate of drug-likeness (QED) is 0.770. The van der Waals surface area contributed by atoms with Gasteiger partial charge in [-0.15, -0.1) is 16.4 Å². The van der Waals surface area contributed by atoms with Gasteiger partial charge in [0.1, 0.15) is 0 Å². The number of para-hydroxylation sites is 1. The summed E-state index contributed by atoms with van der Waals surface area (Å²) in [6, 6.07) is 7.24. The smallest absolute Gasteiger partial charge is 0.273 e. The van der Waals surface area contributed by atoms with Gasteiger partial charge in [-0.1, -0.05) is 28.9 Å². The van der Waals surface area contributed by atoms with E-state index in [0.29, 0.717) is 23.7 Å². The lowest BCUT2D eigenvalue weighted by Crippen LogP contribution is -2.26. The molecule has 0 spiro atoms. The molecule has 8 heteroatoms. The standard InChI is InChI=1S/C15H14ClN5OS/c1-10-9-23-14(18-10)6-7-17-15(22)12-8-21(20-19-12)13-5-3-2-4-11(13)16/h2-5,8-9H,6-7H2,1H3,(H,17,22). The number of nitrogens with zero attached hydrogens (tertiary/aromatic N) is 4. The summed E-state index contributed by atoms with van der Waals surface area (Å²) in [4.78, 5) is 16.4. The maximum atomic E-state index is 12.1. The summed E-state index contributed by atoms with van der Waals surface area (Å²) >= 11 is 7.70. The van der Waals surface area contributed by atoms with E-state index in [4.69, 9.17) is 11.6 Å². The zero-order valence-corrected chi connectivity index (χ0v) is 13.9. The Kier molecular flexibility index (Phi) is 4.68. The minimum atomic E-state index is -0.267. The highest BCUT2D eigenvalue weighted by Crippen LogP contribution is 2.18. The summed E-state index contributed by atoms with van der Waals surface area (Å²) in [7, 11) is 0. The molecule has 0 saturated heterocycles. The number of carbonyl (C=O) groups is 1. The number of hydrogen-bond donors (Lipinski definition) is 1. The Morgan fingerprint density at radius 3 is 2.96 bits per heavy atom. The molecule has 0 aliphatic carbocycles. The first-order valence-electron chi connectivity index (χ1n) is 7.00.